The maximum absolute atomic E-state index is 3.77. The van der Waals surface area contributed by atoms with Crippen molar-refractivity contribution < 1.29 is 0 Å². The van der Waals surface area contributed by atoms with Crippen molar-refractivity contribution in [1.29, 1.82) is 0 Å². The topological polar surface area (TPSA) is 15.3 Å². The SMILES string of the molecule is CC(C)NCc1ccc(N2CCCCCC2C)c(Br)c1. The molecule has 0 amide bonds. The van der Waals surface area contributed by atoms with Crippen LogP contribution in [0.3, 0.4) is 0 Å². The van der Waals surface area contributed by atoms with Crippen molar-refractivity contribution in [3.05, 3.63) is 28.2 Å². The molecule has 20 heavy (non-hydrogen) atoms. The van der Waals surface area contributed by atoms with Crippen LogP contribution in [-0.4, -0.2) is 18.6 Å². The number of hydrogen-bond acceptors (Lipinski definition) is 2. The summed E-state index contributed by atoms with van der Waals surface area (Å²) in [6, 6.07) is 7.98. The summed E-state index contributed by atoms with van der Waals surface area (Å²) in [4.78, 5) is 2.57. The Kier molecular flexibility index (Phi) is 5.91. The number of nitrogens with one attached hydrogen (secondary N) is 1. The Morgan fingerprint density at radius 2 is 2.10 bits per heavy atom. The van der Waals surface area contributed by atoms with Crippen LogP contribution in [-0.2, 0) is 6.54 Å². The summed E-state index contributed by atoms with van der Waals surface area (Å²) < 4.78 is 1.23. The summed E-state index contributed by atoms with van der Waals surface area (Å²) in [7, 11) is 0. The van der Waals surface area contributed by atoms with E-state index in [1.165, 1.54) is 48.0 Å². The number of halogens is 1. The lowest BCUT2D eigenvalue weighted by Crippen LogP contribution is -2.32. The Balaban J connectivity index is 2.11. The molecule has 1 fully saturated rings. The first-order valence-electron chi connectivity index (χ1n) is 7.86. The van der Waals surface area contributed by atoms with Crippen LogP contribution in [0.1, 0.15) is 52.0 Å². The second-order valence-corrected chi connectivity index (χ2v) is 7.07. The van der Waals surface area contributed by atoms with E-state index in [1.54, 1.807) is 0 Å². The largest absolute Gasteiger partial charge is 0.368 e. The highest BCUT2D eigenvalue weighted by Crippen LogP contribution is 2.31. The third kappa shape index (κ3) is 4.23. The van der Waals surface area contributed by atoms with Crippen LogP contribution in [0.25, 0.3) is 0 Å². The van der Waals surface area contributed by atoms with Crippen molar-refractivity contribution in [2.24, 2.45) is 0 Å². The summed E-state index contributed by atoms with van der Waals surface area (Å²) >= 11 is 3.77. The fourth-order valence-corrected chi connectivity index (χ4v) is 3.50. The third-order valence-corrected chi connectivity index (χ3v) is 4.72. The Bertz CT molecular complexity index is 431. The van der Waals surface area contributed by atoms with Crippen LogP contribution in [0.4, 0.5) is 5.69 Å². The van der Waals surface area contributed by atoms with Crippen LogP contribution in [0, 0.1) is 0 Å². The minimum absolute atomic E-state index is 0.527. The molecule has 1 aliphatic rings. The number of benzene rings is 1. The zero-order chi connectivity index (χ0) is 14.5. The molecule has 0 aliphatic carbocycles. The van der Waals surface area contributed by atoms with Gasteiger partial charge in [0.15, 0.2) is 0 Å². The fourth-order valence-electron chi connectivity index (χ4n) is 2.85. The highest BCUT2D eigenvalue weighted by Gasteiger charge is 2.19. The predicted octanol–water partition coefficient (Wildman–Crippen LogP) is 4.72. The first-order chi connectivity index (χ1) is 9.58. The van der Waals surface area contributed by atoms with E-state index in [1.807, 2.05) is 0 Å². The van der Waals surface area contributed by atoms with Crippen LogP contribution in [0.15, 0.2) is 22.7 Å². The lowest BCUT2D eigenvalue weighted by Gasteiger charge is -2.30. The molecule has 0 radical (unpaired) electrons. The van der Waals surface area contributed by atoms with Gasteiger partial charge < -0.3 is 10.2 Å². The molecule has 1 unspecified atom stereocenters. The zero-order valence-electron chi connectivity index (χ0n) is 13.0. The molecule has 112 valence electrons. The molecular weight excluding hydrogens is 312 g/mol. The molecule has 3 heteroatoms. The van der Waals surface area contributed by atoms with E-state index >= 15 is 0 Å². The Hall–Kier alpha value is -0.540. The molecule has 1 saturated heterocycles. The Morgan fingerprint density at radius 1 is 1.30 bits per heavy atom. The van der Waals surface area contributed by atoms with Crippen LogP contribution in [0.5, 0.6) is 0 Å². The minimum Gasteiger partial charge on any atom is -0.368 e. The van der Waals surface area contributed by atoms with Gasteiger partial charge in [-0.2, -0.15) is 0 Å². The summed E-state index contributed by atoms with van der Waals surface area (Å²) in [6.07, 6.45) is 5.36. The van der Waals surface area contributed by atoms with E-state index in [9.17, 15) is 0 Å². The van der Waals surface area contributed by atoms with Crippen molar-refractivity contribution in [2.45, 2.75) is 65.1 Å². The first-order valence-corrected chi connectivity index (χ1v) is 8.65. The van der Waals surface area contributed by atoms with Crippen molar-refractivity contribution in [3.8, 4) is 0 Å². The number of hydrogen-bond donors (Lipinski definition) is 1. The quantitative estimate of drug-likeness (QED) is 0.854. The second kappa shape index (κ2) is 7.46. The standard InChI is InChI=1S/C17H27BrN2/c1-13(2)19-12-15-8-9-17(16(18)11-15)20-10-6-4-5-7-14(20)3/h8-9,11,13-14,19H,4-7,10,12H2,1-3H3. The molecule has 0 saturated carbocycles. The average molecular weight is 339 g/mol. The van der Waals surface area contributed by atoms with Gasteiger partial charge in [0.2, 0.25) is 0 Å². The maximum Gasteiger partial charge on any atom is 0.0513 e. The van der Waals surface area contributed by atoms with Gasteiger partial charge in [0.05, 0.1) is 5.69 Å². The Morgan fingerprint density at radius 3 is 2.80 bits per heavy atom. The highest BCUT2D eigenvalue weighted by molar-refractivity contribution is 9.10. The predicted molar refractivity (Wildman–Crippen MR) is 91.4 cm³/mol. The average Bonchev–Trinajstić information content (AvgIpc) is 2.61. The molecule has 1 aromatic carbocycles. The number of rotatable bonds is 4. The van der Waals surface area contributed by atoms with Crippen LogP contribution in [0.2, 0.25) is 0 Å². The van der Waals surface area contributed by atoms with E-state index in [2.05, 4.69) is 65.1 Å². The maximum atomic E-state index is 3.77. The van der Waals surface area contributed by atoms with E-state index in [0.29, 0.717) is 12.1 Å². The molecule has 2 rings (SSSR count). The van der Waals surface area contributed by atoms with Gasteiger partial charge in [-0.15, -0.1) is 0 Å². The lowest BCUT2D eigenvalue weighted by molar-refractivity contribution is 0.588. The van der Waals surface area contributed by atoms with Gasteiger partial charge in [-0.05, 0) is 53.4 Å². The van der Waals surface area contributed by atoms with Crippen LogP contribution < -0.4 is 10.2 Å². The summed E-state index contributed by atoms with van der Waals surface area (Å²) in [5.74, 6) is 0. The molecular formula is C17H27BrN2. The fraction of sp³-hybridized carbons (Fsp3) is 0.647. The van der Waals surface area contributed by atoms with Gasteiger partial charge in [-0.3, -0.25) is 0 Å². The number of anilines is 1. The zero-order valence-corrected chi connectivity index (χ0v) is 14.5. The van der Waals surface area contributed by atoms with E-state index in [4.69, 9.17) is 0 Å². The van der Waals surface area contributed by atoms with E-state index in [-0.39, 0.29) is 0 Å². The van der Waals surface area contributed by atoms with E-state index < -0.39 is 0 Å². The van der Waals surface area contributed by atoms with E-state index in [0.717, 1.165) is 6.54 Å². The van der Waals surface area contributed by atoms with Gasteiger partial charge in [0.1, 0.15) is 0 Å². The first kappa shape index (κ1) is 15.8. The molecule has 1 aliphatic heterocycles. The van der Waals surface area contributed by atoms with Crippen LogP contribution >= 0.6 is 15.9 Å². The molecule has 2 nitrogen and oxygen atoms in total. The monoisotopic (exact) mass is 338 g/mol. The van der Waals surface area contributed by atoms with Gasteiger partial charge >= 0.3 is 0 Å². The molecule has 1 aromatic rings. The third-order valence-electron chi connectivity index (χ3n) is 4.09. The smallest absolute Gasteiger partial charge is 0.0513 e. The van der Waals surface area contributed by atoms with Crippen molar-refractivity contribution in [2.75, 3.05) is 11.4 Å². The highest BCUT2D eigenvalue weighted by atomic mass is 79.9. The molecule has 0 spiro atoms. The van der Waals surface area contributed by atoms with Gasteiger partial charge in [-0.1, -0.05) is 32.8 Å². The molecule has 1 N–H and O–H groups in total. The molecule has 1 atom stereocenters. The lowest BCUT2D eigenvalue weighted by atomic mass is 10.1. The van der Waals surface area contributed by atoms with Crippen molar-refractivity contribution in [3.63, 3.8) is 0 Å². The number of nitrogens with zero attached hydrogens (tertiary/aromatic N) is 1. The second-order valence-electron chi connectivity index (χ2n) is 6.21. The summed E-state index contributed by atoms with van der Waals surface area (Å²) in [6.45, 7) is 8.84. The molecule has 1 heterocycles. The van der Waals surface area contributed by atoms with Crippen molar-refractivity contribution in [1.82, 2.24) is 5.32 Å². The van der Waals surface area contributed by atoms with Gasteiger partial charge in [0, 0.05) is 29.6 Å². The minimum atomic E-state index is 0.527. The van der Waals surface area contributed by atoms with Gasteiger partial charge in [-0.25, -0.2) is 0 Å². The van der Waals surface area contributed by atoms with Gasteiger partial charge in [0.25, 0.3) is 0 Å². The Labute approximate surface area is 132 Å². The van der Waals surface area contributed by atoms with Crippen molar-refractivity contribution >= 4 is 21.6 Å². The summed E-state index contributed by atoms with van der Waals surface area (Å²) in [5.41, 5.74) is 2.70. The molecule has 0 aromatic heterocycles. The normalized spacial score (nSPS) is 20.2. The summed E-state index contributed by atoms with van der Waals surface area (Å²) in [5, 5.41) is 3.47. The molecule has 0 bridgehead atoms.